The van der Waals surface area contributed by atoms with E-state index in [1.54, 1.807) is 0 Å². The maximum atomic E-state index is 12.1. The van der Waals surface area contributed by atoms with Crippen LogP contribution in [0.2, 0.25) is 0 Å². The van der Waals surface area contributed by atoms with Gasteiger partial charge in [0.05, 0.1) is 5.75 Å². The van der Waals surface area contributed by atoms with Crippen LogP contribution in [-0.2, 0) is 22.2 Å². The number of benzene rings is 2. The molecule has 0 unspecified atom stereocenters. The van der Waals surface area contributed by atoms with Crippen LogP contribution in [0.1, 0.15) is 23.4 Å². The molecule has 0 aliphatic heterocycles. The Hall–Kier alpha value is -2.51. The Morgan fingerprint density at radius 2 is 1.77 bits per heavy atom. The standard InChI is InChI=1S/C19H21N3O3S/c1-15-9-11-16(12-10-15)14-26(23,24)20-13-5-8-18-21-19(22-25-18)17-6-3-2-4-7-17/h2-4,6-7,9-12,20H,5,8,13-14H2,1H3. The average molecular weight is 371 g/mol. The number of rotatable bonds is 8. The Morgan fingerprint density at radius 3 is 2.50 bits per heavy atom. The fourth-order valence-corrected chi connectivity index (χ4v) is 3.67. The first-order valence-corrected chi connectivity index (χ1v) is 10.1. The maximum Gasteiger partial charge on any atom is 0.227 e. The molecule has 0 saturated heterocycles. The van der Waals surface area contributed by atoms with Crippen LogP contribution >= 0.6 is 0 Å². The van der Waals surface area contributed by atoms with Gasteiger partial charge in [-0.15, -0.1) is 0 Å². The van der Waals surface area contributed by atoms with E-state index in [0.29, 0.717) is 31.1 Å². The van der Waals surface area contributed by atoms with Crippen LogP contribution in [0.4, 0.5) is 0 Å². The molecule has 6 nitrogen and oxygen atoms in total. The number of nitrogens with zero attached hydrogens (tertiary/aromatic N) is 2. The third kappa shape index (κ3) is 5.24. The summed E-state index contributed by atoms with van der Waals surface area (Å²) in [6, 6.07) is 17.0. The Kier molecular flexibility index (Phi) is 5.80. The van der Waals surface area contributed by atoms with Crippen molar-refractivity contribution < 1.29 is 12.9 Å². The largest absolute Gasteiger partial charge is 0.339 e. The number of nitrogens with one attached hydrogen (secondary N) is 1. The molecule has 3 rings (SSSR count). The highest BCUT2D eigenvalue weighted by Gasteiger charge is 2.12. The Bertz CT molecular complexity index is 936. The smallest absolute Gasteiger partial charge is 0.227 e. The number of aryl methyl sites for hydroxylation is 2. The van der Waals surface area contributed by atoms with Crippen molar-refractivity contribution in [3.8, 4) is 11.4 Å². The predicted octanol–water partition coefficient (Wildman–Crippen LogP) is 3.10. The quantitative estimate of drug-likeness (QED) is 0.615. The molecular formula is C19H21N3O3S. The maximum absolute atomic E-state index is 12.1. The summed E-state index contributed by atoms with van der Waals surface area (Å²) in [4.78, 5) is 4.34. The highest BCUT2D eigenvalue weighted by atomic mass is 32.2. The van der Waals surface area contributed by atoms with Gasteiger partial charge >= 0.3 is 0 Å². The van der Waals surface area contributed by atoms with E-state index < -0.39 is 10.0 Å². The molecule has 26 heavy (non-hydrogen) atoms. The Morgan fingerprint density at radius 1 is 1.04 bits per heavy atom. The summed E-state index contributed by atoms with van der Waals surface area (Å²) in [6.45, 7) is 2.30. The summed E-state index contributed by atoms with van der Waals surface area (Å²) in [7, 11) is -3.36. The van der Waals surface area contributed by atoms with E-state index in [0.717, 1.165) is 16.7 Å². The summed E-state index contributed by atoms with van der Waals surface area (Å²) >= 11 is 0. The molecular weight excluding hydrogens is 350 g/mol. The molecule has 0 bridgehead atoms. The van der Waals surface area contributed by atoms with Crippen molar-refractivity contribution in [2.75, 3.05) is 6.54 Å². The van der Waals surface area contributed by atoms with Crippen molar-refractivity contribution >= 4 is 10.0 Å². The number of hydrogen-bond acceptors (Lipinski definition) is 5. The van der Waals surface area contributed by atoms with Gasteiger partial charge < -0.3 is 4.52 Å². The number of sulfonamides is 1. The Balaban J connectivity index is 1.46. The zero-order chi connectivity index (χ0) is 18.4. The second-order valence-electron chi connectivity index (χ2n) is 6.12. The monoisotopic (exact) mass is 371 g/mol. The molecule has 0 atom stereocenters. The number of aromatic nitrogens is 2. The van der Waals surface area contributed by atoms with Gasteiger partial charge in [-0.25, -0.2) is 13.1 Å². The molecule has 136 valence electrons. The lowest BCUT2D eigenvalue weighted by molar-refractivity contribution is 0.376. The molecule has 0 aliphatic carbocycles. The summed E-state index contributed by atoms with van der Waals surface area (Å²) in [5, 5.41) is 3.95. The van der Waals surface area contributed by atoms with Gasteiger partial charge in [-0.05, 0) is 18.9 Å². The molecule has 1 aromatic heterocycles. The molecule has 1 N–H and O–H groups in total. The van der Waals surface area contributed by atoms with Crippen molar-refractivity contribution in [1.29, 1.82) is 0 Å². The lowest BCUT2D eigenvalue weighted by atomic mass is 10.2. The highest BCUT2D eigenvalue weighted by molar-refractivity contribution is 7.88. The summed E-state index contributed by atoms with van der Waals surface area (Å²) in [6.07, 6.45) is 1.11. The predicted molar refractivity (Wildman–Crippen MR) is 99.9 cm³/mol. The van der Waals surface area contributed by atoms with Gasteiger partial charge in [-0.1, -0.05) is 65.3 Å². The van der Waals surface area contributed by atoms with Crippen LogP contribution in [-0.4, -0.2) is 25.1 Å². The van der Waals surface area contributed by atoms with Gasteiger partial charge in [0.25, 0.3) is 0 Å². The second-order valence-corrected chi connectivity index (χ2v) is 7.93. The van der Waals surface area contributed by atoms with Gasteiger partial charge in [0.2, 0.25) is 21.7 Å². The molecule has 0 fully saturated rings. The minimum Gasteiger partial charge on any atom is -0.339 e. The van der Waals surface area contributed by atoms with Crippen LogP contribution in [0.25, 0.3) is 11.4 Å². The zero-order valence-electron chi connectivity index (χ0n) is 14.6. The first-order valence-electron chi connectivity index (χ1n) is 8.43. The van der Waals surface area contributed by atoms with E-state index in [4.69, 9.17) is 4.52 Å². The van der Waals surface area contributed by atoms with Crippen LogP contribution in [0.5, 0.6) is 0 Å². The molecule has 1 heterocycles. The van der Waals surface area contributed by atoms with Crippen LogP contribution in [0, 0.1) is 6.92 Å². The lowest BCUT2D eigenvalue weighted by Crippen LogP contribution is -2.26. The molecule has 0 spiro atoms. The first kappa shape index (κ1) is 18.3. The molecule has 0 radical (unpaired) electrons. The molecule has 7 heteroatoms. The van der Waals surface area contributed by atoms with E-state index in [1.165, 1.54) is 0 Å². The summed E-state index contributed by atoms with van der Waals surface area (Å²) < 4.78 is 32.1. The molecule has 0 aliphatic rings. The van der Waals surface area contributed by atoms with Crippen LogP contribution in [0.3, 0.4) is 0 Å². The van der Waals surface area contributed by atoms with E-state index in [-0.39, 0.29) is 5.75 Å². The van der Waals surface area contributed by atoms with Gasteiger partial charge in [0.15, 0.2) is 0 Å². The number of hydrogen-bond donors (Lipinski definition) is 1. The summed E-state index contributed by atoms with van der Waals surface area (Å²) in [5.41, 5.74) is 2.77. The fourth-order valence-electron chi connectivity index (χ4n) is 2.48. The van der Waals surface area contributed by atoms with Crippen LogP contribution < -0.4 is 4.72 Å². The van der Waals surface area contributed by atoms with Crippen molar-refractivity contribution in [1.82, 2.24) is 14.9 Å². The van der Waals surface area contributed by atoms with Gasteiger partial charge in [-0.3, -0.25) is 0 Å². The highest BCUT2D eigenvalue weighted by Crippen LogP contribution is 2.15. The van der Waals surface area contributed by atoms with Gasteiger partial charge in [0, 0.05) is 18.5 Å². The van der Waals surface area contributed by atoms with E-state index in [2.05, 4.69) is 14.9 Å². The Labute approximate surface area is 153 Å². The lowest BCUT2D eigenvalue weighted by Gasteiger charge is -2.06. The zero-order valence-corrected chi connectivity index (χ0v) is 15.4. The van der Waals surface area contributed by atoms with Crippen molar-refractivity contribution in [3.63, 3.8) is 0 Å². The average Bonchev–Trinajstić information content (AvgIpc) is 3.10. The third-order valence-electron chi connectivity index (χ3n) is 3.87. The van der Waals surface area contributed by atoms with Crippen molar-refractivity contribution in [3.05, 3.63) is 71.6 Å². The van der Waals surface area contributed by atoms with E-state index in [9.17, 15) is 8.42 Å². The summed E-state index contributed by atoms with van der Waals surface area (Å²) in [5.74, 6) is 1.02. The van der Waals surface area contributed by atoms with Gasteiger partial charge in [0.1, 0.15) is 0 Å². The minimum absolute atomic E-state index is 0.0218. The normalized spacial score (nSPS) is 11.6. The molecule has 0 amide bonds. The van der Waals surface area contributed by atoms with Crippen molar-refractivity contribution in [2.24, 2.45) is 0 Å². The van der Waals surface area contributed by atoms with E-state index in [1.807, 2.05) is 61.5 Å². The van der Waals surface area contributed by atoms with Crippen molar-refractivity contribution in [2.45, 2.75) is 25.5 Å². The molecule has 2 aromatic carbocycles. The topological polar surface area (TPSA) is 85.1 Å². The SMILES string of the molecule is Cc1ccc(CS(=O)(=O)NCCCc2nc(-c3ccccc3)no2)cc1. The molecule has 0 saturated carbocycles. The first-order chi connectivity index (χ1) is 12.5. The second kappa shape index (κ2) is 8.25. The van der Waals surface area contributed by atoms with E-state index >= 15 is 0 Å². The van der Waals surface area contributed by atoms with Gasteiger partial charge in [-0.2, -0.15) is 4.98 Å². The van der Waals surface area contributed by atoms with Crippen LogP contribution in [0.15, 0.2) is 59.1 Å². The third-order valence-corrected chi connectivity index (χ3v) is 5.22. The molecule has 3 aromatic rings. The fraction of sp³-hybridized carbons (Fsp3) is 0.263. The minimum atomic E-state index is -3.36.